The van der Waals surface area contributed by atoms with E-state index in [1.807, 2.05) is 26.0 Å². The number of aliphatic hydroxyl groups excluding tert-OH is 1. The Bertz CT molecular complexity index is 583. The average Bonchev–Trinajstić information content (AvgIpc) is 2.46. The van der Waals surface area contributed by atoms with E-state index in [-0.39, 0.29) is 5.92 Å². The average molecular weight is 294 g/mol. The van der Waals surface area contributed by atoms with E-state index in [2.05, 4.69) is 0 Å². The molecule has 4 heteroatoms. The van der Waals surface area contributed by atoms with Crippen LogP contribution in [0.4, 0.5) is 13.2 Å². The van der Waals surface area contributed by atoms with Gasteiger partial charge in [-0.05, 0) is 34.7 Å². The van der Waals surface area contributed by atoms with Gasteiger partial charge in [0.1, 0.15) is 0 Å². The SMILES string of the molecule is CC(C)C(O)c1ccc(-c2ccc(C(F)(F)F)cc2)cc1. The first-order valence-corrected chi connectivity index (χ1v) is 6.74. The van der Waals surface area contributed by atoms with Gasteiger partial charge in [-0.1, -0.05) is 50.2 Å². The molecule has 1 nitrogen and oxygen atoms in total. The number of alkyl halides is 3. The van der Waals surface area contributed by atoms with Crippen molar-refractivity contribution in [2.24, 2.45) is 5.92 Å². The number of benzene rings is 2. The molecule has 0 aliphatic rings. The summed E-state index contributed by atoms with van der Waals surface area (Å²) in [6, 6.07) is 12.3. The molecule has 0 aliphatic heterocycles. The molecule has 0 radical (unpaired) electrons. The minimum Gasteiger partial charge on any atom is -0.388 e. The Morgan fingerprint density at radius 1 is 0.810 bits per heavy atom. The Kier molecular flexibility index (Phi) is 4.37. The van der Waals surface area contributed by atoms with Crippen molar-refractivity contribution in [2.75, 3.05) is 0 Å². The van der Waals surface area contributed by atoms with Gasteiger partial charge in [-0.25, -0.2) is 0 Å². The van der Waals surface area contributed by atoms with Crippen LogP contribution < -0.4 is 0 Å². The standard InChI is InChI=1S/C17H17F3O/c1-11(2)16(21)14-5-3-12(4-6-14)13-7-9-15(10-8-13)17(18,19)20/h3-11,16,21H,1-2H3. The molecule has 0 saturated heterocycles. The van der Waals surface area contributed by atoms with Gasteiger partial charge in [-0.3, -0.25) is 0 Å². The second kappa shape index (κ2) is 5.90. The number of halogens is 3. The molecule has 0 spiro atoms. The van der Waals surface area contributed by atoms with Crippen LogP contribution in [0.25, 0.3) is 11.1 Å². The van der Waals surface area contributed by atoms with E-state index in [0.29, 0.717) is 5.56 Å². The zero-order valence-corrected chi connectivity index (χ0v) is 11.9. The zero-order valence-electron chi connectivity index (χ0n) is 11.9. The number of hydrogen-bond acceptors (Lipinski definition) is 1. The summed E-state index contributed by atoms with van der Waals surface area (Å²) < 4.78 is 37.5. The van der Waals surface area contributed by atoms with Gasteiger partial charge in [0.05, 0.1) is 11.7 Å². The largest absolute Gasteiger partial charge is 0.416 e. The van der Waals surface area contributed by atoms with E-state index >= 15 is 0 Å². The normalized spacial score (nSPS) is 13.5. The summed E-state index contributed by atoms with van der Waals surface area (Å²) in [7, 11) is 0. The van der Waals surface area contributed by atoms with Crippen LogP contribution in [0.15, 0.2) is 48.5 Å². The number of aliphatic hydroxyl groups is 1. The Balaban J connectivity index is 2.23. The Labute approximate surface area is 122 Å². The third-order valence-corrected chi connectivity index (χ3v) is 3.43. The van der Waals surface area contributed by atoms with Gasteiger partial charge in [-0.15, -0.1) is 0 Å². The van der Waals surface area contributed by atoms with Crippen molar-refractivity contribution < 1.29 is 18.3 Å². The molecule has 1 unspecified atom stereocenters. The Hall–Kier alpha value is -1.81. The molecular weight excluding hydrogens is 277 g/mol. The van der Waals surface area contributed by atoms with Gasteiger partial charge in [0, 0.05) is 0 Å². The van der Waals surface area contributed by atoms with Gasteiger partial charge < -0.3 is 5.11 Å². The molecule has 0 fully saturated rings. The zero-order chi connectivity index (χ0) is 15.6. The van der Waals surface area contributed by atoms with Crippen LogP contribution in [-0.2, 0) is 6.18 Å². The molecule has 0 heterocycles. The number of hydrogen-bond donors (Lipinski definition) is 1. The third kappa shape index (κ3) is 3.64. The summed E-state index contributed by atoms with van der Waals surface area (Å²) in [4.78, 5) is 0. The van der Waals surface area contributed by atoms with Gasteiger partial charge in [0.15, 0.2) is 0 Å². The predicted octanol–water partition coefficient (Wildman–Crippen LogP) is 5.06. The van der Waals surface area contributed by atoms with Crippen LogP contribution in [-0.4, -0.2) is 5.11 Å². The minimum atomic E-state index is -4.32. The minimum absolute atomic E-state index is 0.113. The van der Waals surface area contributed by atoms with Crippen molar-refractivity contribution >= 4 is 0 Å². The van der Waals surface area contributed by atoms with Crippen molar-refractivity contribution in [1.82, 2.24) is 0 Å². The quantitative estimate of drug-likeness (QED) is 0.838. The van der Waals surface area contributed by atoms with Crippen LogP contribution in [0.1, 0.15) is 31.1 Å². The van der Waals surface area contributed by atoms with Gasteiger partial charge >= 0.3 is 6.18 Å². The molecule has 0 bridgehead atoms. The lowest BCUT2D eigenvalue weighted by Crippen LogP contribution is -2.05. The van der Waals surface area contributed by atoms with Crippen molar-refractivity contribution in [3.05, 3.63) is 59.7 Å². The highest BCUT2D eigenvalue weighted by Gasteiger charge is 2.29. The summed E-state index contributed by atoms with van der Waals surface area (Å²) in [6.07, 6.45) is -4.85. The maximum atomic E-state index is 12.5. The summed E-state index contributed by atoms with van der Waals surface area (Å²) in [5.74, 6) is 0.113. The van der Waals surface area contributed by atoms with Crippen LogP contribution in [0.5, 0.6) is 0 Å². The Morgan fingerprint density at radius 2 is 1.24 bits per heavy atom. The molecule has 0 saturated carbocycles. The fourth-order valence-electron chi connectivity index (χ4n) is 2.11. The first-order valence-electron chi connectivity index (χ1n) is 6.74. The fraction of sp³-hybridized carbons (Fsp3) is 0.294. The second-order valence-electron chi connectivity index (χ2n) is 5.39. The molecule has 2 aromatic rings. The van der Waals surface area contributed by atoms with Crippen molar-refractivity contribution in [3.8, 4) is 11.1 Å². The summed E-state index contributed by atoms with van der Waals surface area (Å²) in [5, 5.41) is 9.96. The highest BCUT2D eigenvalue weighted by molar-refractivity contribution is 5.64. The molecule has 0 aliphatic carbocycles. The highest BCUT2D eigenvalue weighted by Crippen LogP contribution is 2.31. The topological polar surface area (TPSA) is 20.2 Å². The monoisotopic (exact) mass is 294 g/mol. The Morgan fingerprint density at radius 3 is 1.62 bits per heavy atom. The lowest BCUT2D eigenvalue weighted by Gasteiger charge is -2.15. The second-order valence-corrected chi connectivity index (χ2v) is 5.39. The predicted molar refractivity (Wildman–Crippen MR) is 76.7 cm³/mol. The van der Waals surface area contributed by atoms with E-state index in [1.54, 1.807) is 12.1 Å². The van der Waals surface area contributed by atoms with Gasteiger partial charge in [0.25, 0.3) is 0 Å². The van der Waals surface area contributed by atoms with Crippen molar-refractivity contribution in [3.63, 3.8) is 0 Å². The van der Waals surface area contributed by atoms with E-state index in [4.69, 9.17) is 0 Å². The summed E-state index contributed by atoms with van der Waals surface area (Å²) in [5.41, 5.74) is 1.69. The van der Waals surface area contributed by atoms with E-state index in [0.717, 1.165) is 23.3 Å². The molecule has 0 amide bonds. The molecule has 1 atom stereocenters. The van der Waals surface area contributed by atoms with Gasteiger partial charge in [-0.2, -0.15) is 13.2 Å². The van der Waals surface area contributed by atoms with E-state index in [1.165, 1.54) is 12.1 Å². The molecule has 1 N–H and O–H groups in total. The van der Waals surface area contributed by atoms with Crippen molar-refractivity contribution in [2.45, 2.75) is 26.1 Å². The molecule has 2 aromatic carbocycles. The first kappa shape index (κ1) is 15.6. The number of rotatable bonds is 3. The van der Waals surface area contributed by atoms with Crippen LogP contribution >= 0.6 is 0 Å². The maximum Gasteiger partial charge on any atom is 0.416 e. The third-order valence-electron chi connectivity index (χ3n) is 3.43. The van der Waals surface area contributed by atoms with Crippen LogP contribution in [0.3, 0.4) is 0 Å². The highest BCUT2D eigenvalue weighted by atomic mass is 19.4. The van der Waals surface area contributed by atoms with Crippen LogP contribution in [0, 0.1) is 5.92 Å². The van der Waals surface area contributed by atoms with E-state index < -0.39 is 17.8 Å². The first-order chi connectivity index (χ1) is 9.79. The lowest BCUT2D eigenvalue weighted by molar-refractivity contribution is -0.137. The summed E-state index contributed by atoms with van der Waals surface area (Å²) >= 11 is 0. The maximum absolute atomic E-state index is 12.5. The fourth-order valence-corrected chi connectivity index (χ4v) is 2.11. The summed E-state index contributed by atoms with van der Waals surface area (Å²) in [6.45, 7) is 3.85. The molecule has 112 valence electrons. The molecule has 0 aromatic heterocycles. The van der Waals surface area contributed by atoms with Gasteiger partial charge in [0.2, 0.25) is 0 Å². The van der Waals surface area contributed by atoms with E-state index in [9.17, 15) is 18.3 Å². The van der Waals surface area contributed by atoms with Crippen LogP contribution in [0.2, 0.25) is 0 Å². The lowest BCUT2D eigenvalue weighted by atomic mass is 9.96. The van der Waals surface area contributed by atoms with Crippen molar-refractivity contribution in [1.29, 1.82) is 0 Å². The molecule has 2 rings (SSSR count). The smallest absolute Gasteiger partial charge is 0.388 e. The molecule has 21 heavy (non-hydrogen) atoms. The molecular formula is C17H17F3O.